The van der Waals surface area contributed by atoms with E-state index in [-0.39, 0.29) is 34.3 Å². The van der Waals surface area contributed by atoms with Gasteiger partial charge in [-0.05, 0) is 30.2 Å². The first kappa shape index (κ1) is 27.1. The predicted molar refractivity (Wildman–Crippen MR) is 143 cm³/mol. The van der Waals surface area contributed by atoms with Gasteiger partial charge in [-0.25, -0.2) is 0 Å². The molecule has 2 heterocycles. The molecule has 2 aliphatic rings. The zero-order valence-corrected chi connectivity index (χ0v) is 22.7. The standard InChI is InChI=1S/C27H26ClN5O7/c1-14-11-15(29-17-8-5-4-7-16(17)26-30-32-33(31-26)10-6-9-21(35)36)12-20(34)27(14)25(37)22-18(38-2)13-19(39-3)23(28)24(22)40-27/h4-5,7-8,12-14,29H,6,9-11H2,1-3H3,(H,35,36)/t14-,27+/m1/s1. The monoisotopic (exact) mass is 567 g/mol. The van der Waals surface area contributed by atoms with Crippen LogP contribution in [-0.2, 0) is 16.1 Å². The van der Waals surface area contributed by atoms with E-state index >= 15 is 0 Å². The fourth-order valence-electron chi connectivity index (χ4n) is 4.99. The Morgan fingerprint density at radius 3 is 2.70 bits per heavy atom. The number of benzene rings is 2. The van der Waals surface area contributed by atoms with Crippen LogP contribution in [0.25, 0.3) is 11.4 Å². The fraction of sp³-hybridized carbons (Fsp3) is 0.333. The van der Waals surface area contributed by atoms with Crippen molar-refractivity contribution in [2.24, 2.45) is 5.92 Å². The number of aliphatic carboxylic acids is 1. The van der Waals surface area contributed by atoms with Gasteiger partial charge in [0.1, 0.15) is 22.1 Å². The summed E-state index contributed by atoms with van der Waals surface area (Å²) in [5.41, 5.74) is 0.175. The Kier molecular flexibility index (Phi) is 7.19. The number of carbonyl (C=O) groups is 3. The molecule has 2 aromatic carbocycles. The van der Waals surface area contributed by atoms with Crippen LogP contribution in [0, 0.1) is 5.92 Å². The fourth-order valence-corrected chi connectivity index (χ4v) is 5.26. The van der Waals surface area contributed by atoms with E-state index in [0.29, 0.717) is 42.2 Å². The lowest BCUT2D eigenvalue weighted by atomic mass is 9.74. The molecule has 0 saturated carbocycles. The molecule has 0 fully saturated rings. The number of anilines is 1. The Balaban J connectivity index is 1.41. The van der Waals surface area contributed by atoms with Gasteiger partial charge in [0.2, 0.25) is 23.0 Å². The van der Waals surface area contributed by atoms with Crippen LogP contribution in [0.5, 0.6) is 17.2 Å². The molecule has 13 heteroatoms. The number of ketones is 2. The first-order chi connectivity index (χ1) is 19.2. The highest BCUT2D eigenvalue weighted by molar-refractivity contribution is 6.36. The minimum Gasteiger partial charge on any atom is -0.496 e. The average molecular weight is 568 g/mol. The van der Waals surface area contributed by atoms with Gasteiger partial charge in [0.15, 0.2) is 5.75 Å². The van der Waals surface area contributed by atoms with Gasteiger partial charge < -0.3 is 24.6 Å². The van der Waals surface area contributed by atoms with Crippen molar-refractivity contribution in [2.45, 2.75) is 38.3 Å². The van der Waals surface area contributed by atoms with Crippen LogP contribution >= 0.6 is 11.6 Å². The van der Waals surface area contributed by atoms with Gasteiger partial charge in [0.25, 0.3) is 0 Å². The van der Waals surface area contributed by atoms with Crippen molar-refractivity contribution in [1.82, 2.24) is 20.2 Å². The van der Waals surface area contributed by atoms with E-state index in [2.05, 4.69) is 20.7 Å². The van der Waals surface area contributed by atoms with Gasteiger partial charge in [-0.3, -0.25) is 14.4 Å². The van der Waals surface area contributed by atoms with Crippen molar-refractivity contribution < 1.29 is 33.7 Å². The zero-order valence-electron chi connectivity index (χ0n) is 21.9. The lowest BCUT2D eigenvalue weighted by Gasteiger charge is -2.35. The number of nitrogens with one attached hydrogen (secondary N) is 1. The quantitative estimate of drug-likeness (QED) is 0.363. The molecule has 1 spiro atoms. The lowest BCUT2D eigenvalue weighted by Crippen LogP contribution is -2.55. The highest BCUT2D eigenvalue weighted by Gasteiger charge is 2.60. The van der Waals surface area contributed by atoms with E-state index in [0.717, 1.165) is 0 Å². The van der Waals surface area contributed by atoms with Crippen LogP contribution in [-0.4, -0.2) is 62.7 Å². The number of hydrogen-bond donors (Lipinski definition) is 2. The number of carbonyl (C=O) groups excluding carboxylic acids is 2. The Morgan fingerprint density at radius 1 is 1.25 bits per heavy atom. The molecule has 0 radical (unpaired) electrons. The number of hydrogen-bond acceptors (Lipinski definition) is 10. The van der Waals surface area contributed by atoms with Crippen molar-refractivity contribution in [3.8, 4) is 28.6 Å². The molecular formula is C27H26ClN5O7. The number of tetrazole rings is 1. The number of aryl methyl sites for hydroxylation is 1. The number of rotatable bonds is 9. The zero-order chi connectivity index (χ0) is 28.6. The van der Waals surface area contributed by atoms with E-state index in [9.17, 15) is 14.4 Å². The third kappa shape index (κ3) is 4.53. The van der Waals surface area contributed by atoms with E-state index < -0.39 is 29.1 Å². The van der Waals surface area contributed by atoms with Crippen LogP contribution in [0.15, 0.2) is 42.1 Å². The number of methoxy groups -OCH3 is 2. The van der Waals surface area contributed by atoms with Crippen LogP contribution in [0.2, 0.25) is 5.02 Å². The first-order valence-corrected chi connectivity index (χ1v) is 12.9. The number of Topliss-reactive ketones (excluding diaryl/α,β-unsaturated/α-hetero) is 1. The average Bonchev–Trinajstić information content (AvgIpc) is 3.52. The predicted octanol–water partition coefficient (Wildman–Crippen LogP) is 3.79. The number of carboxylic acids is 1. The van der Waals surface area contributed by atoms with Crippen molar-refractivity contribution in [3.63, 3.8) is 0 Å². The Morgan fingerprint density at radius 2 is 2.00 bits per heavy atom. The largest absolute Gasteiger partial charge is 0.496 e. The molecule has 2 N–H and O–H groups in total. The molecule has 1 aliphatic heterocycles. The van der Waals surface area contributed by atoms with Gasteiger partial charge in [-0.1, -0.05) is 30.7 Å². The summed E-state index contributed by atoms with van der Waals surface area (Å²) in [4.78, 5) is 39.5. The van der Waals surface area contributed by atoms with E-state index in [4.69, 9.17) is 30.9 Å². The maximum absolute atomic E-state index is 13.7. The van der Waals surface area contributed by atoms with Crippen molar-refractivity contribution >= 4 is 34.8 Å². The number of fused-ring (bicyclic) bond motifs is 1. The van der Waals surface area contributed by atoms with Crippen molar-refractivity contribution in [1.29, 1.82) is 0 Å². The third-order valence-corrected chi connectivity index (χ3v) is 7.33. The van der Waals surface area contributed by atoms with E-state index in [1.807, 2.05) is 18.2 Å². The Bertz CT molecular complexity index is 1550. The molecule has 0 bridgehead atoms. The molecule has 3 aromatic rings. The molecule has 0 unspecified atom stereocenters. The summed E-state index contributed by atoms with van der Waals surface area (Å²) in [6.45, 7) is 2.08. The summed E-state index contributed by atoms with van der Waals surface area (Å²) in [5, 5.41) is 24.7. The molecule has 2 atom stereocenters. The molecule has 0 saturated heterocycles. The maximum Gasteiger partial charge on any atom is 0.303 e. The molecule has 5 rings (SSSR count). The highest BCUT2D eigenvalue weighted by atomic mass is 35.5. The summed E-state index contributed by atoms with van der Waals surface area (Å²) in [5.74, 6) is -1.60. The Labute approximate surface area is 233 Å². The number of carboxylic acid groups (broad SMARTS) is 1. The minimum atomic E-state index is -1.78. The second-order valence-electron chi connectivity index (χ2n) is 9.48. The third-order valence-electron chi connectivity index (χ3n) is 6.97. The van der Waals surface area contributed by atoms with Crippen LogP contribution in [0.1, 0.15) is 36.5 Å². The van der Waals surface area contributed by atoms with Crippen molar-refractivity contribution in [2.75, 3.05) is 19.5 Å². The number of ether oxygens (including phenoxy) is 3. The van der Waals surface area contributed by atoms with Gasteiger partial charge >= 0.3 is 5.97 Å². The molecule has 12 nitrogen and oxygen atoms in total. The number of para-hydroxylation sites is 1. The second kappa shape index (κ2) is 10.6. The van der Waals surface area contributed by atoms with Gasteiger partial charge in [-0.2, -0.15) is 4.80 Å². The summed E-state index contributed by atoms with van der Waals surface area (Å²) >= 11 is 6.46. The van der Waals surface area contributed by atoms with Crippen LogP contribution in [0.4, 0.5) is 5.69 Å². The maximum atomic E-state index is 13.7. The van der Waals surface area contributed by atoms with E-state index in [1.54, 1.807) is 13.0 Å². The lowest BCUT2D eigenvalue weighted by molar-refractivity contribution is -0.137. The van der Waals surface area contributed by atoms with E-state index in [1.165, 1.54) is 31.2 Å². The summed E-state index contributed by atoms with van der Waals surface area (Å²) in [6.07, 6.45) is 2.05. The number of nitrogens with zero attached hydrogens (tertiary/aromatic N) is 4. The smallest absolute Gasteiger partial charge is 0.303 e. The van der Waals surface area contributed by atoms with Gasteiger partial charge in [-0.15, -0.1) is 10.2 Å². The summed E-state index contributed by atoms with van der Waals surface area (Å²) in [6, 6.07) is 8.75. The summed E-state index contributed by atoms with van der Waals surface area (Å²) < 4.78 is 16.8. The molecular weight excluding hydrogens is 542 g/mol. The number of allylic oxidation sites excluding steroid dienone is 1. The minimum absolute atomic E-state index is 0.000698. The summed E-state index contributed by atoms with van der Waals surface area (Å²) in [7, 11) is 2.85. The molecule has 208 valence electrons. The highest BCUT2D eigenvalue weighted by Crippen LogP contribution is 2.53. The SMILES string of the molecule is COc1cc(OC)c2c(c1Cl)O[C@@]1(C(=O)C=C(Nc3ccccc3-c3nnn(CCCC(=O)O)n3)C[C@H]1C)C2=O. The second-order valence-corrected chi connectivity index (χ2v) is 9.86. The van der Waals surface area contributed by atoms with Crippen LogP contribution < -0.4 is 19.5 Å². The molecule has 0 amide bonds. The molecule has 1 aliphatic carbocycles. The molecule has 1 aromatic heterocycles. The van der Waals surface area contributed by atoms with Crippen molar-refractivity contribution in [3.05, 3.63) is 52.7 Å². The van der Waals surface area contributed by atoms with Crippen LogP contribution in [0.3, 0.4) is 0 Å². The van der Waals surface area contributed by atoms with Gasteiger partial charge in [0.05, 0.1) is 20.8 Å². The molecule has 40 heavy (non-hydrogen) atoms. The number of halogens is 1. The topological polar surface area (TPSA) is 155 Å². The normalized spacial score (nSPS) is 19.7. The number of aromatic nitrogens is 4. The Hall–Kier alpha value is -4.45. The van der Waals surface area contributed by atoms with Gasteiger partial charge in [0, 0.05) is 41.4 Å². The first-order valence-electron chi connectivity index (χ1n) is 12.5.